The van der Waals surface area contributed by atoms with Crippen LogP contribution in [0.5, 0.6) is 0 Å². The van der Waals surface area contributed by atoms with Crippen LogP contribution in [0.1, 0.15) is 50.1 Å². The molecule has 1 aliphatic heterocycles. The number of rotatable bonds is 5. The van der Waals surface area contributed by atoms with E-state index in [1.165, 1.54) is 0 Å². The fourth-order valence-corrected chi connectivity index (χ4v) is 3.52. The van der Waals surface area contributed by atoms with Crippen LogP contribution in [0.15, 0.2) is 6.07 Å². The van der Waals surface area contributed by atoms with Crippen molar-refractivity contribution >= 4 is 11.8 Å². The third kappa shape index (κ3) is 4.40. The second kappa shape index (κ2) is 8.36. The van der Waals surface area contributed by atoms with E-state index in [1.54, 1.807) is 0 Å². The SMILES string of the molecule is CCC(CC)C(=O)N1CCCN(C(=O)Cc2cc(C)[nH]c2C)CC1. The van der Waals surface area contributed by atoms with E-state index in [9.17, 15) is 9.59 Å². The first-order chi connectivity index (χ1) is 11.5. The van der Waals surface area contributed by atoms with Gasteiger partial charge in [0.1, 0.15) is 0 Å². The molecule has 2 heterocycles. The molecule has 0 saturated carbocycles. The highest BCUT2D eigenvalue weighted by Gasteiger charge is 2.25. The van der Waals surface area contributed by atoms with Crippen LogP contribution >= 0.6 is 0 Å². The molecule has 0 aromatic carbocycles. The lowest BCUT2D eigenvalue weighted by Gasteiger charge is -2.25. The standard InChI is InChI=1S/C19H31N3O2/c1-5-16(6-2)19(24)22-9-7-8-21(10-11-22)18(23)13-17-12-14(3)20-15(17)4/h12,16,20H,5-11,13H2,1-4H3. The molecule has 1 aliphatic rings. The number of hydrogen-bond donors (Lipinski definition) is 1. The van der Waals surface area contributed by atoms with Crippen molar-refractivity contribution in [2.75, 3.05) is 26.2 Å². The van der Waals surface area contributed by atoms with E-state index in [0.717, 1.165) is 49.3 Å². The van der Waals surface area contributed by atoms with E-state index in [2.05, 4.69) is 18.8 Å². The molecule has 0 unspecified atom stereocenters. The first kappa shape index (κ1) is 18.6. The Morgan fingerprint density at radius 3 is 2.29 bits per heavy atom. The van der Waals surface area contributed by atoms with Gasteiger partial charge >= 0.3 is 0 Å². The maximum absolute atomic E-state index is 12.6. The molecule has 0 spiro atoms. The summed E-state index contributed by atoms with van der Waals surface area (Å²) in [6.07, 6.45) is 3.08. The molecule has 134 valence electrons. The minimum Gasteiger partial charge on any atom is -0.362 e. The molecule has 24 heavy (non-hydrogen) atoms. The van der Waals surface area contributed by atoms with Crippen molar-refractivity contribution in [1.29, 1.82) is 0 Å². The highest BCUT2D eigenvalue weighted by molar-refractivity contribution is 5.80. The molecule has 2 rings (SSSR count). The molecule has 0 atom stereocenters. The third-order valence-corrected chi connectivity index (χ3v) is 5.09. The summed E-state index contributed by atoms with van der Waals surface area (Å²) in [7, 11) is 0. The van der Waals surface area contributed by atoms with Gasteiger partial charge in [-0.25, -0.2) is 0 Å². The Balaban J connectivity index is 1.93. The third-order valence-electron chi connectivity index (χ3n) is 5.09. The van der Waals surface area contributed by atoms with Gasteiger partial charge in [0.25, 0.3) is 0 Å². The first-order valence-electron chi connectivity index (χ1n) is 9.17. The molecule has 1 aromatic heterocycles. The number of carbonyl (C=O) groups excluding carboxylic acids is 2. The van der Waals surface area contributed by atoms with E-state index in [0.29, 0.717) is 19.5 Å². The van der Waals surface area contributed by atoms with Crippen LogP contribution in [-0.2, 0) is 16.0 Å². The number of H-pyrrole nitrogens is 1. The summed E-state index contributed by atoms with van der Waals surface area (Å²) >= 11 is 0. The zero-order valence-electron chi connectivity index (χ0n) is 15.5. The lowest BCUT2D eigenvalue weighted by Crippen LogP contribution is -2.40. The van der Waals surface area contributed by atoms with Gasteiger partial charge in [-0.2, -0.15) is 0 Å². The van der Waals surface area contributed by atoms with Gasteiger partial charge < -0.3 is 14.8 Å². The zero-order valence-corrected chi connectivity index (χ0v) is 15.5. The van der Waals surface area contributed by atoms with E-state index in [4.69, 9.17) is 0 Å². The average Bonchev–Trinajstić information content (AvgIpc) is 2.76. The molecular weight excluding hydrogens is 302 g/mol. The molecule has 0 bridgehead atoms. The minimum atomic E-state index is 0.123. The zero-order chi connectivity index (χ0) is 17.7. The number of nitrogens with zero attached hydrogens (tertiary/aromatic N) is 2. The normalized spacial score (nSPS) is 15.7. The Bertz CT molecular complexity index is 575. The highest BCUT2D eigenvalue weighted by atomic mass is 16.2. The minimum absolute atomic E-state index is 0.123. The smallest absolute Gasteiger partial charge is 0.227 e. The van der Waals surface area contributed by atoms with Gasteiger partial charge in [0, 0.05) is 43.5 Å². The van der Waals surface area contributed by atoms with E-state index >= 15 is 0 Å². The summed E-state index contributed by atoms with van der Waals surface area (Å²) in [6.45, 7) is 11.0. The largest absolute Gasteiger partial charge is 0.362 e. The van der Waals surface area contributed by atoms with Crippen LogP contribution in [-0.4, -0.2) is 52.8 Å². The lowest BCUT2D eigenvalue weighted by atomic mass is 10.0. The molecule has 0 radical (unpaired) electrons. The van der Waals surface area contributed by atoms with Crippen LogP contribution in [0.2, 0.25) is 0 Å². The van der Waals surface area contributed by atoms with Crippen molar-refractivity contribution in [2.45, 2.75) is 53.4 Å². The van der Waals surface area contributed by atoms with Crippen molar-refractivity contribution in [2.24, 2.45) is 5.92 Å². The lowest BCUT2D eigenvalue weighted by molar-refractivity contribution is -0.136. The number of aryl methyl sites for hydroxylation is 2. The highest BCUT2D eigenvalue weighted by Crippen LogP contribution is 2.16. The van der Waals surface area contributed by atoms with Crippen LogP contribution in [0.4, 0.5) is 0 Å². The first-order valence-corrected chi connectivity index (χ1v) is 9.17. The van der Waals surface area contributed by atoms with Crippen LogP contribution in [0.25, 0.3) is 0 Å². The fraction of sp³-hybridized carbons (Fsp3) is 0.684. The quantitative estimate of drug-likeness (QED) is 0.901. The molecule has 1 saturated heterocycles. The Morgan fingerprint density at radius 2 is 1.71 bits per heavy atom. The van der Waals surface area contributed by atoms with Crippen molar-refractivity contribution in [1.82, 2.24) is 14.8 Å². The van der Waals surface area contributed by atoms with Crippen molar-refractivity contribution < 1.29 is 9.59 Å². The Kier molecular flexibility index (Phi) is 6.46. The van der Waals surface area contributed by atoms with Crippen LogP contribution < -0.4 is 0 Å². The summed E-state index contributed by atoms with van der Waals surface area (Å²) in [6, 6.07) is 2.05. The topological polar surface area (TPSA) is 56.4 Å². The van der Waals surface area contributed by atoms with Crippen molar-refractivity contribution in [3.05, 3.63) is 23.0 Å². The number of amides is 2. The Hall–Kier alpha value is -1.78. The molecule has 1 fully saturated rings. The summed E-state index contributed by atoms with van der Waals surface area (Å²) < 4.78 is 0. The van der Waals surface area contributed by atoms with E-state index in [1.807, 2.05) is 29.7 Å². The van der Waals surface area contributed by atoms with Gasteiger partial charge in [0.2, 0.25) is 11.8 Å². The van der Waals surface area contributed by atoms with Gasteiger partial charge in [-0.1, -0.05) is 13.8 Å². The second-order valence-electron chi connectivity index (χ2n) is 6.85. The van der Waals surface area contributed by atoms with Crippen molar-refractivity contribution in [3.63, 3.8) is 0 Å². The van der Waals surface area contributed by atoms with Gasteiger partial charge in [0.15, 0.2) is 0 Å². The molecule has 1 aromatic rings. The molecular formula is C19H31N3O2. The number of carbonyl (C=O) groups is 2. The van der Waals surface area contributed by atoms with E-state index in [-0.39, 0.29) is 17.7 Å². The van der Waals surface area contributed by atoms with Crippen LogP contribution in [0.3, 0.4) is 0 Å². The average molecular weight is 333 g/mol. The van der Waals surface area contributed by atoms with Gasteiger partial charge in [-0.15, -0.1) is 0 Å². The maximum atomic E-state index is 12.6. The summed E-state index contributed by atoms with van der Waals surface area (Å²) in [4.78, 5) is 32.3. The number of aromatic amines is 1. The number of aromatic nitrogens is 1. The molecule has 5 heteroatoms. The Labute approximate surface area is 145 Å². The Morgan fingerprint density at radius 1 is 1.08 bits per heavy atom. The van der Waals surface area contributed by atoms with Gasteiger partial charge in [-0.05, 0) is 44.7 Å². The number of nitrogens with one attached hydrogen (secondary N) is 1. The predicted molar refractivity (Wildman–Crippen MR) is 95.8 cm³/mol. The van der Waals surface area contributed by atoms with Gasteiger partial charge in [0.05, 0.1) is 6.42 Å². The van der Waals surface area contributed by atoms with Crippen LogP contribution in [0, 0.1) is 19.8 Å². The number of hydrogen-bond acceptors (Lipinski definition) is 2. The monoisotopic (exact) mass is 333 g/mol. The molecule has 5 nitrogen and oxygen atoms in total. The van der Waals surface area contributed by atoms with Crippen molar-refractivity contribution in [3.8, 4) is 0 Å². The van der Waals surface area contributed by atoms with Gasteiger partial charge in [-0.3, -0.25) is 9.59 Å². The second-order valence-corrected chi connectivity index (χ2v) is 6.85. The molecule has 0 aliphatic carbocycles. The van der Waals surface area contributed by atoms with E-state index < -0.39 is 0 Å². The predicted octanol–water partition coefficient (Wildman–Crippen LogP) is 2.67. The summed E-state index contributed by atoms with van der Waals surface area (Å²) in [5.74, 6) is 0.540. The summed E-state index contributed by atoms with van der Waals surface area (Å²) in [5, 5.41) is 0. The fourth-order valence-electron chi connectivity index (χ4n) is 3.52. The molecule has 1 N–H and O–H groups in total. The summed E-state index contributed by atoms with van der Waals surface area (Å²) in [5.41, 5.74) is 3.24. The maximum Gasteiger partial charge on any atom is 0.227 e. The molecule has 2 amide bonds.